The summed E-state index contributed by atoms with van der Waals surface area (Å²) < 4.78 is 0. The van der Waals surface area contributed by atoms with Gasteiger partial charge >= 0.3 is 11.9 Å². The highest BCUT2D eigenvalue weighted by Gasteiger charge is 2.34. The van der Waals surface area contributed by atoms with Crippen LogP contribution in [0.3, 0.4) is 0 Å². The van der Waals surface area contributed by atoms with E-state index in [0.717, 1.165) is 24.8 Å². The number of nitrogens with zero attached hydrogens (tertiary/aromatic N) is 1. The molecule has 0 bridgehead atoms. The van der Waals surface area contributed by atoms with Gasteiger partial charge in [0.05, 0.1) is 12.1 Å². The summed E-state index contributed by atoms with van der Waals surface area (Å²) in [5.74, 6) is -1.91. The van der Waals surface area contributed by atoms with Crippen molar-refractivity contribution in [2.45, 2.75) is 103 Å². The number of carboxylic acid groups (broad SMARTS) is 2. The Bertz CT molecular complexity index is 758. The summed E-state index contributed by atoms with van der Waals surface area (Å²) >= 11 is 0. The third-order valence-electron chi connectivity index (χ3n) is 6.14. The molecule has 8 heteroatoms. The van der Waals surface area contributed by atoms with Gasteiger partial charge in [-0.15, -0.1) is 0 Å². The van der Waals surface area contributed by atoms with Crippen molar-refractivity contribution in [2.75, 3.05) is 6.54 Å². The molecule has 0 aromatic heterocycles. The van der Waals surface area contributed by atoms with Gasteiger partial charge in [-0.3, -0.25) is 14.4 Å². The van der Waals surface area contributed by atoms with E-state index < -0.39 is 24.1 Å². The fourth-order valence-electron chi connectivity index (χ4n) is 4.01. The molecule has 1 amide bonds. The van der Waals surface area contributed by atoms with E-state index in [9.17, 15) is 19.5 Å². The highest BCUT2D eigenvalue weighted by molar-refractivity contribution is 6.00. The van der Waals surface area contributed by atoms with E-state index in [1.54, 1.807) is 17.1 Å². The summed E-state index contributed by atoms with van der Waals surface area (Å²) in [5, 5.41) is 27.9. The Morgan fingerprint density at radius 1 is 1.09 bits per heavy atom. The fraction of sp³-hybridized carbons (Fsp3) is 0.654. The van der Waals surface area contributed by atoms with Crippen molar-refractivity contribution in [3.8, 4) is 0 Å². The van der Waals surface area contributed by atoms with Crippen LogP contribution in [0.2, 0.25) is 0 Å². The van der Waals surface area contributed by atoms with E-state index in [-0.39, 0.29) is 18.4 Å². The molecule has 1 heterocycles. The molecule has 8 nitrogen and oxygen atoms in total. The van der Waals surface area contributed by atoms with Gasteiger partial charge in [-0.25, -0.2) is 0 Å². The van der Waals surface area contributed by atoms with Gasteiger partial charge in [0.15, 0.2) is 0 Å². The van der Waals surface area contributed by atoms with Gasteiger partial charge < -0.3 is 26.0 Å². The molecule has 0 aliphatic carbocycles. The summed E-state index contributed by atoms with van der Waals surface area (Å²) in [4.78, 5) is 36.5. The van der Waals surface area contributed by atoms with Crippen LogP contribution in [0.25, 0.3) is 0 Å². The SMILES string of the molecule is CCCCCC(O)/C=C/C1=C(C/C=C\CCCC(=O)O)C(C)N(CCCCC(N)C(=O)O)C1=O. The van der Waals surface area contributed by atoms with Gasteiger partial charge in [-0.1, -0.05) is 50.5 Å². The molecule has 3 atom stereocenters. The Morgan fingerprint density at radius 3 is 2.44 bits per heavy atom. The largest absolute Gasteiger partial charge is 0.481 e. The minimum Gasteiger partial charge on any atom is -0.481 e. The third kappa shape index (κ3) is 10.7. The molecule has 1 aliphatic heterocycles. The van der Waals surface area contributed by atoms with E-state index in [1.807, 2.05) is 19.1 Å². The molecule has 0 fully saturated rings. The monoisotopic (exact) mass is 478 g/mol. The number of aliphatic carboxylic acids is 2. The Kier molecular flexibility index (Phi) is 14.1. The zero-order chi connectivity index (χ0) is 25.5. The van der Waals surface area contributed by atoms with E-state index >= 15 is 0 Å². The van der Waals surface area contributed by atoms with Crippen molar-refractivity contribution in [1.29, 1.82) is 0 Å². The molecular formula is C26H42N2O6. The predicted octanol–water partition coefficient (Wildman–Crippen LogP) is 3.79. The Hall–Kier alpha value is -2.45. The van der Waals surface area contributed by atoms with Gasteiger partial charge in [0, 0.05) is 18.5 Å². The average Bonchev–Trinajstić information content (AvgIpc) is 3.00. The zero-order valence-electron chi connectivity index (χ0n) is 20.6. The molecule has 34 heavy (non-hydrogen) atoms. The number of nitrogens with two attached hydrogens (primary N) is 1. The molecule has 192 valence electrons. The van der Waals surface area contributed by atoms with Crippen molar-refractivity contribution < 1.29 is 29.7 Å². The third-order valence-corrected chi connectivity index (χ3v) is 6.14. The van der Waals surface area contributed by atoms with Crippen molar-refractivity contribution in [1.82, 2.24) is 4.90 Å². The Balaban J connectivity index is 2.83. The van der Waals surface area contributed by atoms with Crippen LogP contribution in [-0.4, -0.2) is 62.8 Å². The van der Waals surface area contributed by atoms with E-state index in [1.165, 1.54) is 0 Å². The molecule has 0 radical (unpaired) electrons. The smallest absolute Gasteiger partial charge is 0.320 e. The van der Waals surface area contributed by atoms with Crippen molar-refractivity contribution >= 4 is 17.8 Å². The molecule has 1 aliphatic rings. The zero-order valence-corrected chi connectivity index (χ0v) is 20.6. The lowest BCUT2D eigenvalue weighted by molar-refractivity contribution is -0.139. The normalized spacial score (nSPS) is 18.4. The summed E-state index contributed by atoms with van der Waals surface area (Å²) in [5.41, 5.74) is 7.13. The van der Waals surface area contributed by atoms with Crippen LogP contribution in [0.4, 0.5) is 0 Å². The number of amides is 1. The van der Waals surface area contributed by atoms with Crippen LogP contribution in [0.15, 0.2) is 35.5 Å². The molecule has 3 unspecified atom stereocenters. The maximum atomic E-state index is 13.2. The topological polar surface area (TPSA) is 141 Å². The Morgan fingerprint density at radius 2 is 1.79 bits per heavy atom. The van der Waals surface area contributed by atoms with Crippen molar-refractivity contribution in [3.05, 3.63) is 35.5 Å². The maximum absolute atomic E-state index is 13.2. The van der Waals surface area contributed by atoms with Gasteiger partial charge in [-0.05, 0) is 57.4 Å². The Labute approximate surface area is 203 Å². The van der Waals surface area contributed by atoms with E-state index in [2.05, 4.69) is 6.92 Å². The van der Waals surface area contributed by atoms with Gasteiger partial charge in [0.25, 0.3) is 5.91 Å². The van der Waals surface area contributed by atoms with Crippen LogP contribution < -0.4 is 5.73 Å². The minimum absolute atomic E-state index is 0.0821. The van der Waals surface area contributed by atoms with Crippen LogP contribution >= 0.6 is 0 Å². The summed E-state index contributed by atoms with van der Waals surface area (Å²) in [6.45, 7) is 4.60. The minimum atomic E-state index is -1.02. The molecular weight excluding hydrogens is 436 g/mol. The standard InChI is InChI=1S/C26H42N2O6/c1-3-4-7-12-20(29)16-17-22-21(13-8-5-6-9-15-24(30)31)19(2)28(25(22)32)18-11-10-14-23(27)26(33)34/h5,8,16-17,19-20,23,29H,3-4,6-7,9-15,18,27H2,1-2H3,(H,30,31)(H,33,34)/b8-5-,17-16+. The van der Waals surface area contributed by atoms with E-state index in [0.29, 0.717) is 57.1 Å². The van der Waals surface area contributed by atoms with Gasteiger partial charge in [-0.2, -0.15) is 0 Å². The summed E-state index contributed by atoms with van der Waals surface area (Å²) in [6.07, 6.45) is 14.1. The maximum Gasteiger partial charge on any atom is 0.320 e. The first-order valence-electron chi connectivity index (χ1n) is 12.4. The number of unbranched alkanes of at least 4 members (excludes halogenated alkanes) is 4. The lowest BCUT2D eigenvalue weighted by atomic mass is 10.0. The lowest BCUT2D eigenvalue weighted by Crippen LogP contribution is -2.35. The van der Waals surface area contributed by atoms with E-state index in [4.69, 9.17) is 15.9 Å². The van der Waals surface area contributed by atoms with Crippen molar-refractivity contribution in [2.24, 2.45) is 5.73 Å². The molecule has 0 spiro atoms. The molecule has 0 aromatic carbocycles. The molecule has 0 aromatic rings. The number of aliphatic hydroxyl groups excluding tert-OH is 1. The first-order chi connectivity index (χ1) is 16.2. The second-order valence-electron chi connectivity index (χ2n) is 8.94. The highest BCUT2D eigenvalue weighted by Crippen LogP contribution is 2.30. The number of carbonyl (C=O) groups excluding carboxylic acids is 1. The number of aliphatic hydroxyl groups is 1. The fourth-order valence-corrected chi connectivity index (χ4v) is 4.01. The molecule has 0 saturated heterocycles. The van der Waals surface area contributed by atoms with Crippen LogP contribution in [0.1, 0.15) is 84.5 Å². The first kappa shape index (κ1) is 29.6. The van der Waals surface area contributed by atoms with Crippen LogP contribution in [-0.2, 0) is 14.4 Å². The number of allylic oxidation sites excluding steroid dienone is 2. The van der Waals surface area contributed by atoms with Crippen LogP contribution in [0.5, 0.6) is 0 Å². The quantitative estimate of drug-likeness (QED) is 0.173. The van der Waals surface area contributed by atoms with Crippen molar-refractivity contribution in [3.63, 3.8) is 0 Å². The molecule has 1 rings (SSSR count). The van der Waals surface area contributed by atoms with Gasteiger partial charge in [0.2, 0.25) is 0 Å². The number of carboxylic acids is 2. The number of rotatable bonds is 18. The summed E-state index contributed by atoms with van der Waals surface area (Å²) in [7, 11) is 0. The average molecular weight is 479 g/mol. The van der Waals surface area contributed by atoms with Gasteiger partial charge in [0.1, 0.15) is 6.04 Å². The highest BCUT2D eigenvalue weighted by atomic mass is 16.4. The number of hydrogen-bond donors (Lipinski definition) is 4. The first-order valence-corrected chi connectivity index (χ1v) is 12.4. The molecule has 5 N–H and O–H groups in total. The lowest BCUT2D eigenvalue weighted by Gasteiger charge is -2.24. The number of hydrogen-bond acceptors (Lipinski definition) is 5. The predicted molar refractivity (Wildman–Crippen MR) is 132 cm³/mol. The second kappa shape index (κ2) is 16.2. The molecule has 0 saturated carbocycles. The second-order valence-corrected chi connectivity index (χ2v) is 8.94. The van der Waals surface area contributed by atoms with Crippen LogP contribution in [0, 0.1) is 0 Å². The number of carbonyl (C=O) groups is 3. The summed E-state index contributed by atoms with van der Waals surface area (Å²) in [6, 6.07) is -0.999.